The van der Waals surface area contributed by atoms with Gasteiger partial charge in [-0.2, -0.15) is 4.39 Å². The molecule has 1 aliphatic rings. The fourth-order valence-electron chi connectivity index (χ4n) is 4.15. The minimum Gasteiger partial charge on any atom is -0.444 e. The first-order valence-electron chi connectivity index (χ1n) is 10.5. The Hall–Kier alpha value is -2.29. The third kappa shape index (κ3) is 4.12. The summed E-state index contributed by atoms with van der Waals surface area (Å²) in [5.74, 6) is -0.119. The van der Waals surface area contributed by atoms with Crippen molar-refractivity contribution in [1.82, 2.24) is 19.0 Å². The summed E-state index contributed by atoms with van der Waals surface area (Å²) in [6, 6.07) is -0.495. The fourth-order valence-corrected chi connectivity index (χ4v) is 4.35. The molecule has 3 heterocycles. The van der Waals surface area contributed by atoms with E-state index in [2.05, 4.69) is 4.98 Å². The second-order valence-corrected chi connectivity index (χ2v) is 9.36. The van der Waals surface area contributed by atoms with Crippen LogP contribution in [-0.4, -0.2) is 55.9 Å². The van der Waals surface area contributed by atoms with Gasteiger partial charge in [-0.1, -0.05) is 0 Å². The van der Waals surface area contributed by atoms with Gasteiger partial charge in [0, 0.05) is 38.8 Å². The van der Waals surface area contributed by atoms with Gasteiger partial charge in [-0.3, -0.25) is 9.36 Å². The van der Waals surface area contributed by atoms with Gasteiger partial charge in [-0.05, 0) is 41.5 Å². The van der Waals surface area contributed by atoms with Gasteiger partial charge in [0.1, 0.15) is 28.3 Å². The number of piperazine rings is 1. The molecule has 1 fully saturated rings. The number of nitrogens with zero attached hydrogens (tertiary/aromatic N) is 5. The maximum atomic E-state index is 15.3. The number of hydrogen-bond donors (Lipinski definition) is 0. The predicted molar refractivity (Wildman–Crippen MR) is 119 cm³/mol. The lowest BCUT2D eigenvalue weighted by atomic mass is 10.1. The summed E-state index contributed by atoms with van der Waals surface area (Å²) in [6.45, 7) is 12.4. The van der Waals surface area contributed by atoms with Gasteiger partial charge in [0.2, 0.25) is 5.82 Å². The molecule has 31 heavy (non-hydrogen) atoms. The molecule has 3 rings (SSSR count). The maximum absolute atomic E-state index is 15.3. The van der Waals surface area contributed by atoms with Gasteiger partial charge in [-0.15, -0.1) is 11.6 Å². The molecule has 2 aromatic heterocycles. The van der Waals surface area contributed by atoms with Crippen LogP contribution in [0.25, 0.3) is 11.2 Å². The Balaban J connectivity index is 2.08. The van der Waals surface area contributed by atoms with Crippen LogP contribution in [0.2, 0.25) is 0 Å². The third-order valence-corrected chi connectivity index (χ3v) is 5.84. The van der Waals surface area contributed by atoms with Crippen molar-refractivity contribution >= 4 is 34.5 Å². The summed E-state index contributed by atoms with van der Waals surface area (Å²) in [4.78, 5) is 33.4. The number of rotatable bonds is 3. The predicted octanol–water partition coefficient (Wildman–Crippen LogP) is 3.47. The fraction of sp³-hybridized carbons (Fsp3) is 0.667. The van der Waals surface area contributed by atoms with Crippen LogP contribution in [0, 0.1) is 5.82 Å². The SMILES string of the molecule is CCn1c(CCl)nc2c(N3C[C@@H](C)N(C(=O)OC(C)(C)C)C[C@@H]3C)c(F)c(=O)n(C)c21. The zero-order chi connectivity index (χ0) is 23.2. The molecule has 0 aromatic carbocycles. The summed E-state index contributed by atoms with van der Waals surface area (Å²) in [7, 11) is 1.54. The molecule has 1 aliphatic heterocycles. The zero-order valence-electron chi connectivity index (χ0n) is 19.2. The Morgan fingerprint density at radius 3 is 2.45 bits per heavy atom. The number of anilines is 1. The highest BCUT2D eigenvalue weighted by Gasteiger charge is 2.37. The van der Waals surface area contributed by atoms with Crippen molar-refractivity contribution in [3.8, 4) is 0 Å². The van der Waals surface area contributed by atoms with E-state index in [4.69, 9.17) is 16.3 Å². The molecule has 2 atom stereocenters. The van der Waals surface area contributed by atoms with Crippen LogP contribution < -0.4 is 10.5 Å². The van der Waals surface area contributed by atoms with Crippen LogP contribution in [0.1, 0.15) is 47.4 Å². The van der Waals surface area contributed by atoms with Crippen molar-refractivity contribution in [3.63, 3.8) is 0 Å². The molecule has 0 spiro atoms. The van der Waals surface area contributed by atoms with Gasteiger partial charge in [-0.25, -0.2) is 9.78 Å². The molecule has 0 N–H and O–H groups in total. The second kappa shape index (κ2) is 8.33. The largest absolute Gasteiger partial charge is 0.444 e. The number of aromatic nitrogens is 3. The number of carbonyl (C=O) groups is 1. The number of fused-ring (bicyclic) bond motifs is 1. The van der Waals surface area contributed by atoms with E-state index in [9.17, 15) is 9.59 Å². The number of imidazole rings is 1. The lowest BCUT2D eigenvalue weighted by Crippen LogP contribution is -2.59. The quantitative estimate of drug-likeness (QED) is 0.662. The number of pyridine rings is 1. The van der Waals surface area contributed by atoms with Crippen molar-refractivity contribution < 1.29 is 13.9 Å². The Labute approximate surface area is 186 Å². The second-order valence-electron chi connectivity index (χ2n) is 9.09. The van der Waals surface area contributed by atoms with Crippen molar-refractivity contribution in [2.75, 3.05) is 18.0 Å². The molecule has 1 saturated heterocycles. The number of amides is 1. The summed E-state index contributed by atoms with van der Waals surface area (Å²) in [5, 5.41) is 0. The topological polar surface area (TPSA) is 72.6 Å². The van der Waals surface area contributed by atoms with E-state index in [0.717, 1.165) is 0 Å². The number of hydrogen-bond acceptors (Lipinski definition) is 5. The van der Waals surface area contributed by atoms with E-state index in [0.29, 0.717) is 36.6 Å². The van der Waals surface area contributed by atoms with Gasteiger partial charge in [0.15, 0.2) is 0 Å². The average molecular weight is 456 g/mol. The number of alkyl halides is 1. The summed E-state index contributed by atoms with van der Waals surface area (Å²) >= 11 is 6.07. The normalized spacial score (nSPS) is 19.9. The first-order chi connectivity index (χ1) is 14.4. The average Bonchev–Trinajstić information content (AvgIpc) is 3.05. The Morgan fingerprint density at radius 2 is 1.90 bits per heavy atom. The van der Waals surface area contributed by atoms with Crippen LogP contribution in [0.15, 0.2) is 4.79 Å². The number of aryl methyl sites for hydroxylation is 2. The van der Waals surface area contributed by atoms with Gasteiger partial charge in [0.25, 0.3) is 5.56 Å². The van der Waals surface area contributed by atoms with Crippen molar-refractivity contribution in [2.24, 2.45) is 7.05 Å². The molecule has 0 bridgehead atoms. The zero-order valence-corrected chi connectivity index (χ0v) is 20.0. The molecular formula is C21H31ClFN5O3. The Bertz CT molecular complexity index is 1060. The van der Waals surface area contributed by atoms with Crippen molar-refractivity contribution in [2.45, 2.75) is 71.7 Å². The molecule has 0 unspecified atom stereocenters. The molecule has 172 valence electrons. The van der Waals surface area contributed by atoms with Crippen LogP contribution in [0.3, 0.4) is 0 Å². The van der Waals surface area contributed by atoms with E-state index in [1.54, 1.807) is 4.90 Å². The van der Waals surface area contributed by atoms with E-state index >= 15 is 4.39 Å². The molecule has 0 radical (unpaired) electrons. The number of halogens is 2. The van der Waals surface area contributed by atoms with E-state index in [1.165, 1.54) is 11.6 Å². The van der Waals surface area contributed by atoms with E-state index in [1.807, 2.05) is 51.0 Å². The maximum Gasteiger partial charge on any atom is 0.410 e. The Morgan fingerprint density at radius 1 is 1.26 bits per heavy atom. The highest BCUT2D eigenvalue weighted by molar-refractivity contribution is 6.17. The molecule has 2 aromatic rings. The molecule has 10 heteroatoms. The first-order valence-corrected chi connectivity index (χ1v) is 11.0. The van der Waals surface area contributed by atoms with Gasteiger partial charge >= 0.3 is 6.09 Å². The number of ether oxygens (including phenoxy) is 1. The van der Waals surface area contributed by atoms with Crippen LogP contribution in [0.4, 0.5) is 14.9 Å². The lowest BCUT2D eigenvalue weighted by molar-refractivity contribution is 0.0130. The standard InChI is InChI=1S/C21H31ClFN5O3/c1-8-26-14(9-22)24-16-17(15(23)19(29)25(7)18(16)26)27-10-13(3)28(11-12(27)2)20(30)31-21(4,5)6/h12-13H,8-11H2,1-7H3/t12-,13+/m0/s1. The van der Waals surface area contributed by atoms with Crippen LogP contribution in [-0.2, 0) is 24.2 Å². The monoisotopic (exact) mass is 455 g/mol. The van der Waals surface area contributed by atoms with Gasteiger partial charge in [0.05, 0.1) is 5.88 Å². The molecule has 1 amide bonds. The van der Waals surface area contributed by atoms with Crippen LogP contribution >= 0.6 is 11.6 Å². The van der Waals surface area contributed by atoms with Crippen molar-refractivity contribution in [3.05, 3.63) is 22.0 Å². The summed E-state index contributed by atoms with van der Waals surface area (Å²) in [5.41, 5.74) is -0.213. The lowest BCUT2D eigenvalue weighted by Gasteiger charge is -2.45. The number of carbonyl (C=O) groups excluding carboxylic acids is 1. The molecule has 0 aliphatic carbocycles. The highest BCUT2D eigenvalue weighted by atomic mass is 35.5. The van der Waals surface area contributed by atoms with Gasteiger partial charge < -0.3 is 19.1 Å². The highest BCUT2D eigenvalue weighted by Crippen LogP contribution is 2.32. The molecule has 0 saturated carbocycles. The van der Waals surface area contributed by atoms with E-state index in [-0.39, 0.29) is 23.7 Å². The smallest absolute Gasteiger partial charge is 0.410 e. The van der Waals surface area contributed by atoms with E-state index < -0.39 is 23.1 Å². The summed E-state index contributed by atoms with van der Waals surface area (Å²) in [6.07, 6.45) is -0.402. The molecular weight excluding hydrogens is 425 g/mol. The summed E-state index contributed by atoms with van der Waals surface area (Å²) < 4.78 is 24.0. The van der Waals surface area contributed by atoms with Crippen LogP contribution in [0.5, 0.6) is 0 Å². The Kier molecular flexibility index (Phi) is 6.28. The minimum atomic E-state index is -0.846. The van der Waals surface area contributed by atoms with Crippen molar-refractivity contribution in [1.29, 1.82) is 0 Å². The first kappa shape index (κ1) is 23.4. The minimum absolute atomic E-state index is 0.149. The third-order valence-electron chi connectivity index (χ3n) is 5.60. The molecule has 8 nitrogen and oxygen atoms in total.